The number of amides is 1. The van der Waals surface area contributed by atoms with E-state index in [1.165, 1.54) is 23.1 Å². The highest BCUT2D eigenvalue weighted by atomic mass is 35.5. The minimum Gasteiger partial charge on any atom is -0.457 e. The molecule has 0 aliphatic carbocycles. The van der Waals surface area contributed by atoms with Crippen LogP contribution in [0.3, 0.4) is 0 Å². The summed E-state index contributed by atoms with van der Waals surface area (Å²) in [6, 6.07) is 24.2. The van der Waals surface area contributed by atoms with Crippen molar-refractivity contribution in [2.75, 3.05) is 16.4 Å². The fourth-order valence-electron chi connectivity index (χ4n) is 2.53. The van der Waals surface area contributed by atoms with Gasteiger partial charge in [-0.1, -0.05) is 52.9 Å². The average Bonchev–Trinajstić information content (AvgIpc) is 3.23. The van der Waals surface area contributed by atoms with Crippen molar-refractivity contribution in [3.05, 3.63) is 83.9 Å². The Morgan fingerprint density at radius 2 is 1.58 bits per heavy atom. The third-order valence-electron chi connectivity index (χ3n) is 3.95. The van der Waals surface area contributed by atoms with Crippen molar-refractivity contribution in [2.45, 2.75) is 4.34 Å². The number of hydrogen-bond acceptors (Lipinski definition) is 7. The van der Waals surface area contributed by atoms with Gasteiger partial charge in [0.1, 0.15) is 11.5 Å². The molecule has 6 nitrogen and oxygen atoms in total. The molecular formula is C22H17ClN4O2S2. The molecule has 31 heavy (non-hydrogen) atoms. The van der Waals surface area contributed by atoms with Crippen LogP contribution in [0.25, 0.3) is 0 Å². The molecule has 4 rings (SSSR count). The lowest BCUT2D eigenvalue weighted by Crippen LogP contribution is -2.13. The van der Waals surface area contributed by atoms with Crippen molar-refractivity contribution in [2.24, 2.45) is 0 Å². The number of aromatic nitrogens is 2. The lowest BCUT2D eigenvalue weighted by molar-refractivity contribution is -0.113. The van der Waals surface area contributed by atoms with Gasteiger partial charge in [0, 0.05) is 16.4 Å². The van der Waals surface area contributed by atoms with E-state index in [0.717, 1.165) is 17.2 Å². The van der Waals surface area contributed by atoms with Crippen molar-refractivity contribution in [3.63, 3.8) is 0 Å². The molecule has 0 aliphatic heterocycles. The Hall–Kier alpha value is -3.07. The van der Waals surface area contributed by atoms with Crippen LogP contribution in [0.15, 0.2) is 83.2 Å². The fraction of sp³-hybridized carbons (Fsp3) is 0.0455. The lowest BCUT2D eigenvalue weighted by Gasteiger charge is -2.06. The number of ether oxygens (including phenoxy) is 1. The van der Waals surface area contributed by atoms with E-state index >= 15 is 0 Å². The van der Waals surface area contributed by atoms with E-state index in [9.17, 15) is 4.79 Å². The van der Waals surface area contributed by atoms with E-state index in [1.807, 2.05) is 54.6 Å². The Balaban J connectivity index is 1.26. The predicted octanol–water partition coefficient (Wildman–Crippen LogP) is 6.46. The quantitative estimate of drug-likeness (QED) is 0.289. The third-order valence-corrected chi connectivity index (χ3v) is 6.17. The first kappa shape index (κ1) is 21.2. The molecule has 3 aromatic carbocycles. The topological polar surface area (TPSA) is 76.1 Å². The van der Waals surface area contributed by atoms with Crippen LogP contribution in [-0.2, 0) is 4.79 Å². The summed E-state index contributed by atoms with van der Waals surface area (Å²) in [4.78, 5) is 12.1. The van der Waals surface area contributed by atoms with Gasteiger partial charge in [-0.25, -0.2) is 0 Å². The molecule has 9 heteroatoms. The number of rotatable bonds is 8. The van der Waals surface area contributed by atoms with Crippen LogP contribution in [0.1, 0.15) is 0 Å². The highest BCUT2D eigenvalue weighted by Crippen LogP contribution is 2.29. The van der Waals surface area contributed by atoms with Crippen LogP contribution in [0.2, 0.25) is 5.02 Å². The third kappa shape index (κ3) is 6.45. The summed E-state index contributed by atoms with van der Waals surface area (Å²) in [6.45, 7) is 0. The molecule has 156 valence electrons. The van der Waals surface area contributed by atoms with E-state index in [0.29, 0.717) is 20.2 Å². The van der Waals surface area contributed by atoms with Crippen molar-refractivity contribution < 1.29 is 9.53 Å². The van der Waals surface area contributed by atoms with Crippen molar-refractivity contribution >= 4 is 57.1 Å². The summed E-state index contributed by atoms with van der Waals surface area (Å²) in [5.74, 6) is 1.65. The smallest absolute Gasteiger partial charge is 0.234 e. The van der Waals surface area contributed by atoms with E-state index in [1.54, 1.807) is 24.3 Å². The Morgan fingerprint density at radius 1 is 0.903 bits per heavy atom. The van der Waals surface area contributed by atoms with E-state index < -0.39 is 0 Å². The summed E-state index contributed by atoms with van der Waals surface area (Å²) < 4.78 is 6.50. The summed E-state index contributed by atoms with van der Waals surface area (Å²) in [7, 11) is 0. The minimum atomic E-state index is -0.119. The first-order chi connectivity index (χ1) is 15.1. The molecule has 1 aromatic heterocycles. The second-order valence-corrected chi connectivity index (χ2v) is 8.92. The molecule has 0 spiro atoms. The molecule has 2 N–H and O–H groups in total. The average molecular weight is 469 g/mol. The van der Waals surface area contributed by atoms with Gasteiger partial charge in [-0.15, -0.1) is 10.2 Å². The van der Waals surface area contributed by atoms with Gasteiger partial charge in [-0.3, -0.25) is 4.79 Å². The van der Waals surface area contributed by atoms with Crippen LogP contribution >= 0.6 is 34.7 Å². The number of nitrogens with zero attached hydrogens (tertiary/aromatic N) is 2. The minimum absolute atomic E-state index is 0.119. The SMILES string of the molecule is O=C(CSc1nnc(Nc2ccc(Oc3ccccc3)cc2)s1)Nc1ccc(Cl)cc1. The molecule has 0 radical (unpaired) electrons. The Morgan fingerprint density at radius 3 is 2.32 bits per heavy atom. The maximum atomic E-state index is 12.1. The molecule has 0 aliphatic rings. The maximum absolute atomic E-state index is 12.1. The summed E-state index contributed by atoms with van der Waals surface area (Å²) in [5, 5.41) is 15.6. The van der Waals surface area contributed by atoms with Crippen LogP contribution in [0, 0.1) is 0 Å². The zero-order valence-electron chi connectivity index (χ0n) is 16.1. The molecule has 1 amide bonds. The summed E-state index contributed by atoms with van der Waals surface area (Å²) in [5.41, 5.74) is 1.57. The zero-order chi connectivity index (χ0) is 21.5. The lowest BCUT2D eigenvalue weighted by atomic mass is 10.3. The number of halogens is 1. The molecule has 0 bridgehead atoms. The largest absolute Gasteiger partial charge is 0.457 e. The number of anilines is 3. The number of nitrogens with one attached hydrogen (secondary N) is 2. The van der Waals surface area contributed by atoms with Crippen LogP contribution in [0.5, 0.6) is 11.5 Å². The van der Waals surface area contributed by atoms with Gasteiger partial charge < -0.3 is 15.4 Å². The maximum Gasteiger partial charge on any atom is 0.234 e. The van der Waals surface area contributed by atoms with Gasteiger partial charge in [0.2, 0.25) is 11.0 Å². The van der Waals surface area contributed by atoms with Crippen molar-refractivity contribution in [1.29, 1.82) is 0 Å². The van der Waals surface area contributed by atoms with Crippen molar-refractivity contribution in [1.82, 2.24) is 10.2 Å². The number of carbonyl (C=O) groups excluding carboxylic acids is 1. The van der Waals surface area contributed by atoms with E-state index in [4.69, 9.17) is 16.3 Å². The highest BCUT2D eigenvalue weighted by Gasteiger charge is 2.09. The van der Waals surface area contributed by atoms with Gasteiger partial charge >= 0.3 is 0 Å². The molecule has 0 atom stereocenters. The van der Waals surface area contributed by atoms with Crippen LogP contribution in [0.4, 0.5) is 16.5 Å². The zero-order valence-corrected chi connectivity index (χ0v) is 18.5. The summed E-state index contributed by atoms with van der Waals surface area (Å²) in [6.07, 6.45) is 0. The molecule has 1 heterocycles. The Labute approximate surface area is 192 Å². The first-order valence-corrected chi connectivity index (χ1v) is 11.4. The van der Waals surface area contributed by atoms with Gasteiger partial charge in [-0.2, -0.15) is 0 Å². The first-order valence-electron chi connectivity index (χ1n) is 9.26. The standard InChI is InChI=1S/C22H17ClN4O2S2/c23-15-6-8-16(9-7-15)24-20(28)14-30-22-27-26-21(31-22)25-17-10-12-19(13-11-17)29-18-4-2-1-3-5-18/h1-13H,14H2,(H,24,28)(H,25,26). The predicted molar refractivity (Wildman–Crippen MR) is 127 cm³/mol. The normalized spacial score (nSPS) is 10.5. The number of para-hydroxylation sites is 1. The Kier molecular flexibility index (Phi) is 7.03. The summed E-state index contributed by atoms with van der Waals surface area (Å²) >= 11 is 8.57. The monoisotopic (exact) mass is 468 g/mol. The van der Waals surface area contributed by atoms with Gasteiger partial charge in [-0.05, 0) is 60.7 Å². The van der Waals surface area contributed by atoms with Crippen LogP contribution in [-0.4, -0.2) is 21.9 Å². The van der Waals surface area contributed by atoms with Crippen molar-refractivity contribution in [3.8, 4) is 11.5 Å². The molecule has 4 aromatic rings. The van der Waals surface area contributed by atoms with Gasteiger partial charge in [0.25, 0.3) is 0 Å². The molecule has 0 fully saturated rings. The number of hydrogen-bond donors (Lipinski definition) is 2. The highest BCUT2D eigenvalue weighted by molar-refractivity contribution is 8.01. The van der Waals surface area contributed by atoms with Gasteiger partial charge in [0.15, 0.2) is 4.34 Å². The molecule has 0 unspecified atom stereocenters. The Bertz CT molecular complexity index is 1140. The second-order valence-electron chi connectivity index (χ2n) is 6.28. The number of carbonyl (C=O) groups is 1. The molecule has 0 saturated heterocycles. The molecule has 0 saturated carbocycles. The second kappa shape index (κ2) is 10.3. The van der Waals surface area contributed by atoms with Gasteiger partial charge in [0.05, 0.1) is 5.75 Å². The number of thioether (sulfide) groups is 1. The van der Waals surface area contributed by atoms with E-state index in [2.05, 4.69) is 20.8 Å². The fourth-order valence-corrected chi connectivity index (χ4v) is 4.23. The van der Waals surface area contributed by atoms with E-state index in [-0.39, 0.29) is 11.7 Å². The molecular weight excluding hydrogens is 452 g/mol. The van der Waals surface area contributed by atoms with Crippen LogP contribution < -0.4 is 15.4 Å². The number of benzene rings is 3.